The maximum Gasteiger partial charge on any atom is 0.136 e. The fourth-order valence-corrected chi connectivity index (χ4v) is 6.39. The van der Waals surface area contributed by atoms with Gasteiger partial charge in [0.1, 0.15) is 22.3 Å². The molecule has 0 saturated heterocycles. The van der Waals surface area contributed by atoms with Gasteiger partial charge in [-0.2, -0.15) is 0 Å². The van der Waals surface area contributed by atoms with Crippen molar-refractivity contribution in [2.24, 2.45) is 0 Å². The fourth-order valence-electron chi connectivity index (χ4n) is 6.39. The molecule has 0 aliphatic rings. The largest absolute Gasteiger partial charge is 0.456 e. The SMILES string of the molecule is [2H]c1c([2H])c(N(c2c([2H])c([2H])c(-c3ccc4c(c3)oc3ccccc34)c([2H])c2[2H])c2c([2H])c([2H])c(-c3ccc4c(c3)oc3ccccc34)c([2H])c2[2H])c([2H])c([2H])c1-c1ccccc1. The number of hydrogen-bond donors (Lipinski definition) is 0. The molecule has 0 amide bonds. The molecule has 0 fully saturated rings. The van der Waals surface area contributed by atoms with Crippen LogP contribution in [0.5, 0.6) is 0 Å². The van der Waals surface area contributed by atoms with E-state index in [1.54, 1.807) is 66.7 Å². The second kappa shape index (κ2) is 11.9. The third kappa shape index (κ3) is 5.15. The molecule has 0 radical (unpaired) electrons. The molecular formula is C48H31NO2. The molecule has 0 aliphatic heterocycles. The molecule has 0 bridgehead atoms. The van der Waals surface area contributed by atoms with Crippen LogP contribution >= 0.6 is 0 Å². The van der Waals surface area contributed by atoms with E-state index in [1.807, 2.05) is 48.5 Å². The summed E-state index contributed by atoms with van der Waals surface area (Å²) in [6.07, 6.45) is 0. The molecule has 3 heteroatoms. The smallest absolute Gasteiger partial charge is 0.136 e. The highest BCUT2D eigenvalue weighted by Gasteiger charge is 2.15. The van der Waals surface area contributed by atoms with Crippen molar-refractivity contribution in [1.82, 2.24) is 0 Å². The highest BCUT2D eigenvalue weighted by molar-refractivity contribution is 6.07. The van der Waals surface area contributed by atoms with Crippen LogP contribution in [-0.2, 0) is 0 Å². The van der Waals surface area contributed by atoms with Gasteiger partial charge in [0, 0.05) is 38.6 Å². The van der Waals surface area contributed by atoms with Gasteiger partial charge in [-0.3, -0.25) is 0 Å². The highest BCUT2D eigenvalue weighted by Crippen LogP contribution is 2.39. The Morgan fingerprint density at radius 3 is 1.14 bits per heavy atom. The minimum atomic E-state index is -0.698. The predicted octanol–water partition coefficient (Wildman–Crippen LogP) is 14.0. The first kappa shape index (κ1) is 19.4. The lowest BCUT2D eigenvalue weighted by molar-refractivity contribution is 0.668. The lowest BCUT2D eigenvalue weighted by Gasteiger charge is -2.26. The second-order valence-electron chi connectivity index (χ2n) is 12.0. The molecule has 10 aromatic rings. The van der Waals surface area contributed by atoms with E-state index in [0.29, 0.717) is 39.0 Å². The number of para-hydroxylation sites is 2. The van der Waals surface area contributed by atoms with Gasteiger partial charge in [0.2, 0.25) is 0 Å². The summed E-state index contributed by atoms with van der Waals surface area (Å²) in [6.45, 7) is 0. The van der Waals surface area contributed by atoms with Gasteiger partial charge >= 0.3 is 0 Å². The second-order valence-corrected chi connectivity index (χ2v) is 12.0. The number of fused-ring (bicyclic) bond motifs is 6. The molecule has 10 rings (SSSR count). The average Bonchev–Trinajstić information content (AvgIpc) is 3.85. The normalized spacial score (nSPS) is 14.8. The van der Waals surface area contributed by atoms with E-state index in [-0.39, 0.29) is 16.7 Å². The van der Waals surface area contributed by atoms with E-state index in [4.69, 9.17) is 11.6 Å². The number of anilines is 3. The van der Waals surface area contributed by atoms with Crippen LogP contribution < -0.4 is 4.90 Å². The van der Waals surface area contributed by atoms with Crippen molar-refractivity contribution in [3.63, 3.8) is 0 Å². The molecule has 51 heavy (non-hydrogen) atoms. The number of rotatable bonds is 6. The van der Waals surface area contributed by atoms with Gasteiger partial charge in [0.25, 0.3) is 0 Å². The van der Waals surface area contributed by atoms with Gasteiger partial charge < -0.3 is 13.7 Å². The number of furan rings is 2. The van der Waals surface area contributed by atoms with Crippen LogP contribution in [-0.4, -0.2) is 0 Å². The lowest BCUT2D eigenvalue weighted by atomic mass is 10.0. The molecule has 2 heterocycles. The summed E-state index contributed by atoms with van der Waals surface area (Å²) in [4.78, 5) is 0.815. The Morgan fingerprint density at radius 1 is 0.314 bits per heavy atom. The van der Waals surface area contributed by atoms with Gasteiger partial charge in [0.05, 0.1) is 16.4 Å². The van der Waals surface area contributed by atoms with Crippen molar-refractivity contribution >= 4 is 60.9 Å². The van der Waals surface area contributed by atoms with Gasteiger partial charge in [-0.15, -0.1) is 0 Å². The first-order valence-corrected chi connectivity index (χ1v) is 16.3. The summed E-state index contributed by atoms with van der Waals surface area (Å²) in [6, 6.07) is 25.9. The van der Waals surface area contributed by atoms with E-state index in [1.165, 1.54) is 0 Å². The zero-order chi connectivity index (χ0) is 44.2. The first-order valence-electron chi connectivity index (χ1n) is 22.3. The molecular weight excluding hydrogens is 623 g/mol. The van der Waals surface area contributed by atoms with Crippen LogP contribution in [0.1, 0.15) is 16.4 Å². The summed E-state index contributed by atoms with van der Waals surface area (Å²) in [5.74, 6) is 0. The maximum absolute atomic E-state index is 9.48. The van der Waals surface area contributed by atoms with Crippen molar-refractivity contribution < 1.29 is 25.3 Å². The summed E-state index contributed by atoms with van der Waals surface area (Å²) in [7, 11) is 0. The molecule has 0 saturated carbocycles. The quantitative estimate of drug-likeness (QED) is 0.177. The molecule has 0 N–H and O–H groups in total. The molecule has 2 aromatic heterocycles. The van der Waals surface area contributed by atoms with E-state index < -0.39 is 89.6 Å². The molecule has 0 spiro atoms. The maximum atomic E-state index is 9.48. The van der Waals surface area contributed by atoms with E-state index in [9.17, 15) is 13.7 Å². The van der Waals surface area contributed by atoms with Crippen molar-refractivity contribution in [1.29, 1.82) is 0 Å². The summed E-state index contributed by atoms with van der Waals surface area (Å²) in [5.41, 5.74) is 1.02. The molecule has 8 aromatic carbocycles. The van der Waals surface area contributed by atoms with Crippen LogP contribution in [0.15, 0.2) is 197 Å². The zero-order valence-corrected chi connectivity index (χ0v) is 26.7. The Labute approximate surface area is 312 Å². The van der Waals surface area contributed by atoms with Crippen LogP contribution in [0.25, 0.3) is 77.3 Å². The van der Waals surface area contributed by atoms with Crippen molar-refractivity contribution in [3.05, 3.63) is 188 Å². The molecule has 0 atom stereocenters. The van der Waals surface area contributed by atoms with Crippen molar-refractivity contribution in [2.75, 3.05) is 4.90 Å². The van der Waals surface area contributed by atoms with Gasteiger partial charge in [0.15, 0.2) is 0 Å². The molecule has 3 nitrogen and oxygen atoms in total. The Kier molecular flexibility index (Phi) is 4.54. The van der Waals surface area contributed by atoms with E-state index in [2.05, 4.69) is 0 Å². The van der Waals surface area contributed by atoms with Gasteiger partial charge in [-0.1, -0.05) is 115 Å². The number of nitrogens with zero attached hydrogens (tertiary/aromatic N) is 1. The Hall–Kier alpha value is -6.84. The van der Waals surface area contributed by atoms with E-state index >= 15 is 0 Å². The third-order valence-corrected chi connectivity index (χ3v) is 8.90. The summed E-state index contributed by atoms with van der Waals surface area (Å²) in [5, 5.41) is 3.26. The van der Waals surface area contributed by atoms with Gasteiger partial charge in [-0.25, -0.2) is 0 Å². The Bertz CT molecular complexity index is 3300. The van der Waals surface area contributed by atoms with Crippen LogP contribution in [0.4, 0.5) is 17.1 Å². The minimum Gasteiger partial charge on any atom is -0.456 e. The topological polar surface area (TPSA) is 29.5 Å². The molecule has 0 aliphatic carbocycles. The monoisotopic (exact) mass is 665 g/mol. The number of hydrogen-bond acceptors (Lipinski definition) is 3. The summed E-state index contributed by atoms with van der Waals surface area (Å²) < 4.78 is 124. The van der Waals surface area contributed by atoms with Gasteiger partial charge in [-0.05, 0) is 106 Å². The van der Waals surface area contributed by atoms with Crippen LogP contribution in [0, 0.1) is 0 Å². The number of benzene rings is 8. The first-order chi connectivity index (χ1) is 30.3. The van der Waals surface area contributed by atoms with Crippen LogP contribution in [0.2, 0.25) is 0 Å². The minimum absolute atomic E-state index is 0.0546. The van der Waals surface area contributed by atoms with Crippen molar-refractivity contribution in [2.45, 2.75) is 0 Å². The van der Waals surface area contributed by atoms with Crippen LogP contribution in [0.3, 0.4) is 0 Å². The lowest BCUT2D eigenvalue weighted by Crippen LogP contribution is -2.09. The van der Waals surface area contributed by atoms with Crippen molar-refractivity contribution in [3.8, 4) is 33.4 Å². The summed E-state index contributed by atoms with van der Waals surface area (Å²) >= 11 is 0. The predicted molar refractivity (Wildman–Crippen MR) is 212 cm³/mol. The third-order valence-electron chi connectivity index (χ3n) is 8.90. The average molecular weight is 666 g/mol. The fraction of sp³-hybridized carbons (Fsp3) is 0. The molecule has 0 unspecified atom stereocenters. The molecule has 240 valence electrons. The Balaban J connectivity index is 1.23. The standard InChI is InChI=1S/C48H31NO2/c1-2-8-32(9-3-1)33-14-22-38(23-15-33)49(39-24-16-34(17-25-39)36-20-28-43-41-10-4-6-12-45(41)50-47(43)30-36)40-26-18-35(19-27-40)37-21-29-44-42-11-5-7-13-46(42)51-48(44)31-37/h1-31H/i14D,15D,16D,17D,18D,19D,22D,23D,24D,25D,26D,27D. The highest BCUT2D eigenvalue weighted by atomic mass is 16.3. The van der Waals surface area contributed by atoms with E-state index in [0.717, 1.165) is 26.4 Å². The Morgan fingerprint density at radius 2 is 0.686 bits per heavy atom. The zero-order valence-electron chi connectivity index (χ0n) is 38.7.